The average molecular weight is 206 g/mol. The van der Waals surface area contributed by atoms with E-state index < -0.39 is 0 Å². The van der Waals surface area contributed by atoms with Gasteiger partial charge in [0.25, 0.3) is 0 Å². The molecule has 1 rings (SSSR count). The van der Waals surface area contributed by atoms with Gasteiger partial charge in [0.15, 0.2) is 0 Å². The Bertz CT molecular complexity index is 342. The highest BCUT2D eigenvalue weighted by Crippen LogP contribution is 2.08. The first kappa shape index (κ1) is 11.1. The van der Waals surface area contributed by atoms with Crippen molar-refractivity contribution in [3.63, 3.8) is 0 Å². The number of Topliss-reactive ketones (excluding diaryl/α,β-unsaturated/α-hetero) is 1. The van der Waals surface area contributed by atoms with Crippen molar-refractivity contribution in [3.8, 4) is 0 Å². The maximum atomic E-state index is 10.9. The van der Waals surface area contributed by atoms with Crippen LogP contribution in [0.4, 0.5) is 0 Å². The Labute approximate surface area is 90.2 Å². The molecule has 0 spiro atoms. The molecule has 0 unspecified atom stereocenters. The monoisotopic (exact) mass is 206 g/mol. The van der Waals surface area contributed by atoms with Gasteiger partial charge < -0.3 is 0 Å². The normalized spacial score (nSPS) is 10.7. The average Bonchev–Trinajstić information content (AvgIpc) is 2.14. The molecule has 0 aliphatic heterocycles. The van der Waals surface area contributed by atoms with E-state index in [9.17, 15) is 4.79 Å². The summed E-state index contributed by atoms with van der Waals surface area (Å²) >= 11 is 4.09. The van der Waals surface area contributed by atoms with Crippen molar-refractivity contribution in [1.29, 1.82) is 0 Å². The third kappa shape index (κ3) is 3.79. The van der Waals surface area contributed by atoms with Crippen LogP contribution in [0.25, 0.3) is 6.08 Å². The molecule has 0 aliphatic rings. The van der Waals surface area contributed by atoms with Crippen LogP contribution in [0, 0.1) is 0 Å². The lowest BCUT2D eigenvalue weighted by Gasteiger charge is -1.99. The molecule has 0 heterocycles. The molecule has 2 heteroatoms. The lowest BCUT2D eigenvalue weighted by molar-refractivity contribution is -0.116. The van der Waals surface area contributed by atoms with Crippen molar-refractivity contribution in [2.45, 2.75) is 13.3 Å². The summed E-state index contributed by atoms with van der Waals surface area (Å²) < 4.78 is 0. The summed E-state index contributed by atoms with van der Waals surface area (Å²) in [5.41, 5.74) is 2.19. The summed E-state index contributed by atoms with van der Waals surface area (Å²) in [5, 5.41) is 0. The van der Waals surface area contributed by atoms with Crippen LogP contribution in [0.1, 0.15) is 18.1 Å². The molecule has 1 aromatic rings. The highest BCUT2D eigenvalue weighted by molar-refractivity contribution is 7.80. The Balaban J connectivity index is 2.78. The third-order valence-corrected chi connectivity index (χ3v) is 2.03. The summed E-state index contributed by atoms with van der Waals surface area (Å²) in [5.74, 6) is 0.928. The molecule has 74 valence electrons. The van der Waals surface area contributed by atoms with Crippen LogP contribution in [0.15, 0.2) is 30.3 Å². The van der Waals surface area contributed by atoms with Crippen LogP contribution in [0.5, 0.6) is 0 Å². The minimum atomic E-state index is 0.195. The molecule has 0 N–H and O–H groups in total. The van der Waals surface area contributed by atoms with Gasteiger partial charge in [-0.15, -0.1) is 0 Å². The second-order valence-corrected chi connectivity index (χ2v) is 3.57. The molecular formula is C12H14OS. The van der Waals surface area contributed by atoms with Crippen molar-refractivity contribution in [3.05, 3.63) is 41.5 Å². The minimum Gasteiger partial charge on any atom is -0.300 e. The van der Waals surface area contributed by atoms with Gasteiger partial charge in [0.2, 0.25) is 0 Å². The number of hydrogen-bond acceptors (Lipinski definition) is 2. The van der Waals surface area contributed by atoms with Crippen LogP contribution >= 0.6 is 12.6 Å². The van der Waals surface area contributed by atoms with Crippen LogP contribution in [-0.2, 0) is 11.2 Å². The molecule has 1 aromatic carbocycles. The van der Waals surface area contributed by atoms with Crippen molar-refractivity contribution >= 4 is 24.5 Å². The van der Waals surface area contributed by atoms with Crippen LogP contribution in [0.3, 0.4) is 0 Å². The first-order valence-electron chi connectivity index (χ1n) is 4.58. The van der Waals surface area contributed by atoms with Crippen LogP contribution < -0.4 is 0 Å². The third-order valence-electron chi connectivity index (χ3n) is 1.82. The molecule has 0 amide bonds. The highest BCUT2D eigenvalue weighted by Gasteiger charge is 1.97. The summed E-state index contributed by atoms with van der Waals surface area (Å²) in [6, 6.07) is 7.99. The van der Waals surface area contributed by atoms with Gasteiger partial charge in [0.1, 0.15) is 5.78 Å². The van der Waals surface area contributed by atoms with E-state index in [-0.39, 0.29) is 5.78 Å². The van der Waals surface area contributed by atoms with E-state index >= 15 is 0 Å². The molecule has 1 nitrogen and oxygen atoms in total. The predicted molar refractivity (Wildman–Crippen MR) is 63.7 cm³/mol. The molecular weight excluding hydrogens is 192 g/mol. The van der Waals surface area contributed by atoms with Gasteiger partial charge >= 0.3 is 0 Å². The summed E-state index contributed by atoms with van der Waals surface area (Å²) in [6.07, 6.45) is 4.51. The molecule has 0 saturated heterocycles. The van der Waals surface area contributed by atoms with Crippen molar-refractivity contribution in [2.24, 2.45) is 0 Å². The SMILES string of the molecule is CC(=O)Cc1cccc(C=CCS)c1. The number of hydrogen-bond donors (Lipinski definition) is 1. The van der Waals surface area contributed by atoms with Crippen LogP contribution in [0.2, 0.25) is 0 Å². The second-order valence-electron chi connectivity index (χ2n) is 3.21. The fraction of sp³-hybridized carbons (Fsp3) is 0.250. The summed E-state index contributed by atoms with van der Waals surface area (Å²) in [6.45, 7) is 1.61. The van der Waals surface area contributed by atoms with E-state index in [0.717, 1.165) is 16.9 Å². The molecule has 0 saturated carbocycles. The zero-order chi connectivity index (χ0) is 10.4. The molecule has 0 radical (unpaired) electrons. The Kier molecular flexibility index (Phi) is 4.47. The summed E-state index contributed by atoms with van der Waals surface area (Å²) in [4.78, 5) is 10.9. The molecule has 0 fully saturated rings. The number of carbonyl (C=O) groups excluding carboxylic acids is 1. The number of rotatable bonds is 4. The van der Waals surface area contributed by atoms with E-state index in [1.807, 2.05) is 36.4 Å². The quantitative estimate of drug-likeness (QED) is 0.750. The highest BCUT2D eigenvalue weighted by atomic mass is 32.1. The Morgan fingerprint density at radius 2 is 2.29 bits per heavy atom. The van der Waals surface area contributed by atoms with Gasteiger partial charge in [-0.2, -0.15) is 12.6 Å². The number of carbonyl (C=O) groups is 1. The fourth-order valence-electron chi connectivity index (χ4n) is 1.28. The fourth-order valence-corrected chi connectivity index (χ4v) is 1.39. The van der Waals surface area contributed by atoms with Crippen molar-refractivity contribution < 1.29 is 4.79 Å². The topological polar surface area (TPSA) is 17.1 Å². The molecule has 0 aromatic heterocycles. The Morgan fingerprint density at radius 3 is 2.93 bits per heavy atom. The number of thiol groups is 1. The van der Waals surface area contributed by atoms with Crippen LogP contribution in [-0.4, -0.2) is 11.5 Å². The standard InChI is InChI=1S/C12H14OS/c1-10(13)8-12-5-2-4-11(9-12)6-3-7-14/h2-6,9,14H,7-8H2,1H3. The predicted octanol–water partition coefficient (Wildman–Crippen LogP) is 2.76. The second kappa shape index (κ2) is 5.66. The molecule has 0 bridgehead atoms. The largest absolute Gasteiger partial charge is 0.300 e. The van der Waals surface area contributed by atoms with Gasteiger partial charge in [0, 0.05) is 12.2 Å². The Hall–Kier alpha value is -1.02. The van der Waals surface area contributed by atoms with Gasteiger partial charge in [0.05, 0.1) is 0 Å². The lowest BCUT2D eigenvalue weighted by atomic mass is 10.1. The number of ketones is 1. The van der Waals surface area contributed by atoms with Gasteiger partial charge in [-0.3, -0.25) is 4.79 Å². The van der Waals surface area contributed by atoms with Gasteiger partial charge in [-0.25, -0.2) is 0 Å². The van der Waals surface area contributed by atoms with E-state index in [2.05, 4.69) is 12.6 Å². The zero-order valence-corrected chi connectivity index (χ0v) is 9.13. The van der Waals surface area contributed by atoms with Crippen molar-refractivity contribution in [2.75, 3.05) is 5.75 Å². The zero-order valence-electron chi connectivity index (χ0n) is 8.23. The van der Waals surface area contributed by atoms with Crippen molar-refractivity contribution in [1.82, 2.24) is 0 Å². The molecule has 0 aliphatic carbocycles. The molecule has 0 atom stereocenters. The van der Waals surface area contributed by atoms with E-state index in [0.29, 0.717) is 6.42 Å². The van der Waals surface area contributed by atoms with E-state index in [1.54, 1.807) is 6.92 Å². The van der Waals surface area contributed by atoms with E-state index in [4.69, 9.17) is 0 Å². The first-order chi connectivity index (χ1) is 6.72. The minimum absolute atomic E-state index is 0.195. The maximum absolute atomic E-state index is 10.9. The number of benzene rings is 1. The van der Waals surface area contributed by atoms with E-state index in [1.165, 1.54) is 0 Å². The maximum Gasteiger partial charge on any atom is 0.134 e. The van der Waals surface area contributed by atoms with Gasteiger partial charge in [-0.05, 0) is 18.1 Å². The summed E-state index contributed by atoms with van der Waals surface area (Å²) in [7, 11) is 0. The molecule has 14 heavy (non-hydrogen) atoms. The van der Waals surface area contributed by atoms with Gasteiger partial charge in [-0.1, -0.05) is 36.4 Å². The lowest BCUT2D eigenvalue weighted by Crippen LogP contribution is -1.95. The Morgan fingerprint density at radius 1 is 1.50 bits per heavy atom. The smallest absolute Gasteiger partial charge is 0.134 e. The first-order valence-corrected chi connectivity index (χ1v) is 5.21.